The molecule has 1 aromatic carbocycles. The summed E-state index contributed by atoms with van der Waals surface area (Å²) < 4.78 is 5.31. The molecule has 1 heterocycles. The molecule has 0 atom stereocenters. The van der Waals surface area contributed by atoms with Gasteiger partial charge in [-0.25, -0.2) is 0 Å². The zero-order valence-corrected chi connectivity index (χ0v) is 10.8. The van der Waals surface area contributed by atoms with Gasteiger partial charge in [0.1, 0.15) is 0 Å². The Kier molecular flexibility index (Phi) is 6.14. The minimum Gasteiger partial charge on any atom is -0.379 e. The number of halogens is 2. The highest BCUT2D eigenvalue weighted by atomic mass is 35.5. The van der Waals surface area contributed by atoms with Crippen LogP contribution in [-0.4, -0.2) is 31.2 Å². The summed E-state index contributed by atoms with van der Waals surface area (Å²) in [5, 5.41) is 0. The third kappa shape index (κ3) is 3.95. The lowest BCUT2D eigenvalue weighted by molar-refractivity contribution is 0.0342. The summed E-state index contributed by atoms with van der Waals surface area (Å²) in [4.78, 5) is 2.42. The third-order valence-electron chi connectivity index (χ3n) is 2.69. The maximum Gasteiger partial charge on any atom is 0.0594 e. The van der Waals surface area contributed by atoms with Crippen LogP contribution in [0.4, 0.5) is 0 Å². The molecule has 90 valence electrons. The van der Waals surface area contributed by atoms with Crippen LogP contribution in [0.25, 0.3) is 0 Å². The van der Waals surface area contributed by atoms with Crippen LogP contribution >= 0.6 is 24.0 Å². The van der Waals surface area contributed by atoms with Crippen molar-refractivity contribution in [3.05, 3.63) is 35.4 Å². The minimum atomic E-state index is 0. The molecular weight excluding hydrogens is 245 g/mol. The fourth-order valence-electron chi connectivity index (χ4n) is 1.75. The average molecular weight is 262 g/mol. The van der Waals surface area contributed by atoms with Crippen LogP contribution in [0.5, 0.6) is 0 Å². The highest BCUT2D eigenvalue weighted by Gasteiger charge is 2.10. The van der Waals surface area contributed by atoms with Gasteiger partial charge in [-0.15, -0.1) is 24.0 Å². The van der Waals surface area contributed by atoms with Gasteiger partial charge in [-0.3, -0.25) is 4.90 Å². The number of ether oxygens (including phenoxy) is 1. The van der Waals surface area contributed by atoms with Crippen LogP contribution in [0, 0.1) is 0 Å². The number of hydrogen-bond donors (Lipinski definition) is 0. The Morgan fingerprint density at radius 1 is 1.06 bits per heavy atom. The Hall–Kier alpha value is -0.280. The standard InChI is InChI=1S/C12H16ClNO.ClH/c13-9-11-1-3-12(4-2-11)10-14-5-7-15-8-6-14;/h1-4H,5-10H2;1H. The van der Waals surface area contributed by atoms with E-state index in [4.69, 9.17) is 16.3 Å². The zero-order chi connectivity index (χ0) is 10.5. The first kappa shape index (κ1) is 13.8. The summed E-state index contributed by atoms with van der Waals surface area (Å²) in [6.07, 6.45) is 0. The van der Waals surface area contributed by atoms with Gasteiger partial charge in [0.05, 0.1) is 13.2 Å². The second kappa shape index (κ2) is 7.13. The van der Waals surface area contributed by atoms with Crippen LogP contribution in [0.1, 0.15) is 11.1 Å². The van der Waals surface area contributed by atoms with Crippen molar-refractivity contribution in [2.75, 3.05) is 26.3 Å². The smallest absolute Gasteiger partial charge is 0.0594 e. The molecule has 4 heteroatoms. The Morgan fingerprint density at radius 2 is 1.62 bits per heavy atom. The second-order valence-electron chi connectivity index (χ2n) is 3.84. The predicted molar refractivity (Wildman–Crippen MR) is 69.3 cm³/mol. The fourth-order valence-corrected chi connectivity index (χ4v) is 1.93. The second-order valence-corrected chi connectivity index (χ2v) is 4.11. The van der Waals surface area contributed by atoms with E-state index in [0.717, 1.165) is 32.8 Å². The van der Waals surface area contributed by atoms with Crippen LogP contribution in [0.15, 0.2) is 24.3 Å². The highest BCUT2D eigenvalue weighted by Crippen LogP contribution is 2.10. The quantitative estimate of drug-likeness (QED) is 0.776. The SMILES string of the molecule is Cl.ClCc1ccc(CN2CCOCC2)cc1. The Bertz CT molecular complexity index is 296. The van der Waals surface area contributed by atoms with Crippen molar-refractivity contribution in [2.24, 2.45) is 0 Å². The van der Waals surface area contributed by atoms with E-state index in [2.05, 4.69) is 29.2 Å². The predicted octanol–water partition coefficient (Wildman–Crippen LogP) is 2.68. The molecule has 0 unspecified atom stereocenters. The van der Waals surface area contributed by atoms with Crippen LogP contribution in [0.3, 0.4) is 0 Å². The summed E-state index contributed by atoms with van der Waals surface area (Å²) in [6, 6.07) is 8.52. The van der Waals surface area contributed by atoms with E-state index >= 15 is 0 Å². The summed E-state index contributed by atoms with van der Waals surface area (Å²) in [7, 11) is 0. The molecule has 1 fully saturated rings. The largest absolute Gasteiger partial charge is 0.379 e. The fraction of sp³-hybridized carbons (Fsp3) is 0.500. The topological polar surface area (TPSA) is 12.5 Å². The summed E-state index contributed by atoms with van der Waals surface area (Å²) in [5.74, 6) is 0.595. The molecule has 0 bridgehead atoms. The van der Waals surface area contributed by atoms with Gasteiger partial charge in [-0.1, -0.05) is 24.3 Å². The monoisotopic (exact) mass is 261 g/mol. The van der Waals surface area contributed by atoms with E-state index in [9.17, 15) is 0 Å². The normalized spacial score (nSPS) is 16.8. The van der Waals surface area contributed by atoms with E-state index in [0.29, 0.717) is 5.88 Å². The van der Waals surface area contributed by atoms with Gasteiger partial charge in [0.25, 0.3) is 0 Å². The maximum absolute atomic E-state index is 5.74. The van der Waals surface area contributed by atoms with Gasteiger partial charge in [-0.05, 0) is 11.1 Å². The van der Waals surface area contributed by atoms with Crippen molar-refractivity contribution in [3.63, 3.8) is 0 Å². The molecule has 0 N–H and O–H groups in total. The number of nitrogens with zero attached hydrogens (tertiary/aromatic N) is 1. The molecule has 1 aliphatic rings. The minimum absolute atomic E-state index is 0. The Labute approximate surface area is 108 Å². The molecule has 2 nitrogen and oxygen atoms in total. The maximum atomic E-state index is 5.74. The van der Waals surface area contributed by atoms with Gasteiger partial charge >= 0.3 is 0 Å². The number of morpholine rings is 1. The van der Waals surface area contributed by atoms with E-state index in [-0.39, 0.29) is 12.4 Å². The molecule has 0 radical (unpaired) electrons. The van der Waals surface area contributed by atoms with Gasteiger partial charge in [0, 0.05) is 25.5 Å². The lowest BCUT2D eigenvalue weighted by Gasteiger charge is -2.26. The van der Waals surface area contributed by atoms with Crippen molar-refractivity contribution in [1.29, 1.82) is 0 Å². The summed E-state index contributed by atoms with van der Waals surface area (Å²) in [5.41, 5.74) is 2.54. The van der Waals surface area contributed by atoms with Crippen LogP contribution < -0.4 is 0 Å². The molecule has 1 saturated heterocycles. The third-order valence-corrected chi connectivity index (χ3v) is 3.00. The van der Waals surface area contributed by atoms with E-state index < -0.39 is 0 Å². The molecule has 0 saturated carbocycles. The number of alkyl halides is 1. The van der Waals surface area contributed by atoms with E-state index in [1.54, 1.807) is 0 Å². The summed E-state index contributed by atoms with van der Waals surface area (Å²) in [6.45, 7) is 4.82. The number of benzene rings is 1. The molecule has 2 rings (SSSR count). The average Bonchev–Trinajstić information content (AvgIpc) is 2.31. The van der Waals surface area contributed by atoms with E-state index in [1.807, 2.05) is 0 Å². The molecule has 1 aromatic rings. The number of rotatable bonds is 3. The van der Waals surface area contributed by atoms with Gasteiger partial charge in [0.2, 0.25) is 0 Å². The van der Waals surface area contributed by atoms with Crippen molar-refractivity contribution in [3.8, 4) is 0 Å². The van der Waals surface area contributed by atoms with Crippen molar-refractivity contribution in [1.82, 2.24) is 4.90 Å². The zero-order valence-electron chi connectivity index (χ0n) is 9.19. The highest BCUT2D eigenvalue weighted by molar-refractivity contribution is 6.17. The van der Waals surface area contributed by atoms with Gasteiger partial charge in [-0.2, -0.15) is 0 Å². The number of hydrogen-bond acceptors (Lipinski definition) is 2. The first-order valence-corrected chi connectivity index (χ1v) is 5.86. The van der Waals surface area contributed by atoms with Gasteiger partial charge < -0.3 is 4.74 Å². The Balaban J connectivity index is 0.00000128. The Morgan fingerprint density at radius 3 is 2.19 bits per heavy atom. The molecule has 0 amide bonds. The van der Waals surface area contributed by atoms with Gasteiger partial charge in [0.15, 0.2) is 0 Å². The molecule has 0 aliphatic carbocycles. The lowest BCUT2D eigenvalue weighted by atomic mass is 10.1. The van der Waals surface area contributed by atoms with Crippen molar-refractivity contribution in [2.45, 2.75) is 12.4 Å². The van der Waals surface area contributed by atoms with Crippen LogP contribution in [0.2, 0.25) is 0 Å². The lowest BCUT2D eigenvalue weighted by Crippen LogP contribution is -2.35. The van der Waals surface area contributed by atoms with Crippen LogP contribution in [-0.2, 0) is 17.2 Å². The molecule has 1 aliphatic heterocycles. The van der Waals surface area contributed by atoms with Crippen molar-refractivity contribution < 1.29 is 4.74 Å². The summed E-state index contributed by atoms with van der Waals surface area (Å²) >= 11 is 5.74. The molecule has 0 spiro atoms. The molecule has 0 aromatic heterocycles. The van der Waals surface area contributed by atoms with Crippen molar-refractivity contribution >= 4 is 24.0 Å². The first-order valence-electron chi connectivity index (χ1n) is 5.32. The molecular formula is C12H17Cl2NO. The molecule has 16 heavy (non-hydrogen) atoms. The first-order chi connectivity index (χ1) is 7.38. The van der Waals surface area contributed by atoms with E-state index in [1.165, 1.54) is 11.1 Å².